The summed E-state index contributed by atoms with van der Waals surface area (Å²) in [4.78, 5) is 66.1. The van der Waals surface area contributed by atoms with E-state index < -0.39 is 69.4 Å². The second-order valence-corrected chi connectivity index (χ2v) is 15.7. The van der Waals surface area contributed by atoms with E-state index in [0.29, 0.717) is 18.8 Å². The molecule has 2 aromatic carbocycles. The minimum atomic E-state index is -5.15. The van der Waals surface area contributed by atoms with Gasteiger partial charge in [-0.15, -0.1) is 0 Å². The van der Waals surface area contributed by atoms with Crippen LogP contribution in [0.2, 0.25) is 0 Å². The Kier molecular flexibility index (Phi) is 15.6. The Morgan fingerprint density at radius 1 is 0.868 bits per heavy atom. The Hall–Kier alpha value is -4.27. The summed E-state index contributed by atoms with van der Waals surface area (Å²) in [5.41, 5.74) is 0.129. The molecular formula is C38H50F3N3O8S. The van der Waals surface area contributed by atoms with Crippen molar-refractivity contribution in [3.05, 3.63) is 59.7 Å². The monoisotopic (exact) mass is 765 g/mol. The predicted octanol–water partition coefficient (Wildman–Crippen LogP) is 6.26. The Morgan fingerprint density at radius 3 is 2.04 bits per heavy atom. The molecule has 1 fully saturated rings. The number of likely N-dealkylation sites (tertiary alicyclic amines) is 1. The normalized spacial score (nSPS) is 16.0. The summed E-state index contributed by atoms with van der Waals surface area (Å²) in [6.07, 6.45) is 0.548. The molecule has 2 N–H and O–H groups in total. The fourth-order valence-electron chi connectivity index (χ4n) is 6.06. The van der Waals surface area contributed by atoms with Crippen molar-refractivity contribution >= 4 is 39.3 Å². The maximum atomic E-state index is 13.7. The lowest BCUT2D eigenvalue weighted by molar-refractivity contribution is -0.175. The third-order valence-electron chi connectivity index (χ3n) is 9.24. The number of sulfonamides is 1. The summed E-state index contributed by atoms with van der Waals surface area (Å²) in [7, 11) is -4.22. The molecule has 1 unspecified atom stereocenters. The largest absolute Gasteiger partial charge is 0.494 e. The van der Waals surface area contributed by atoms with Crippen molar-refractivity contribution in [3.63, 3.8) is 0 Å². The van der Waals surface area contributed by atoms with E-state index in [2.05, 4.69) is 12.2 Å². The van der Waals surface area contributed by atoms with Crippen LogP contribution in [-0.2, 0) is 24.4 Å². The molecule has 0 spiro atoms. The van der Waals surface area contributed by atoms with Gasteiger partial charge in [0.25, 0.3) is 21.7 Å². The number of hydrogen-bond acceptors (Lipinski definition) is 8. The SMILES string of the molecule is CCCCCCCOc1ccc(S(=O)(=O)NC(=O)c2ccc(C(=O)C[C@H](C(=O)N3CCC[C@H]3C(=O)NC(C(=O)C(F)(F)F)C(C)C)C(C)C)cc2)cc1. The lowest BCUT2D eigenvalue weighted by Gasteiger charge is -2.31. The average Bonchev–Trinajstić information content (AvgIpc) is 3.60. The number of amides is 3. The second kappa shape index (κ2) is 19.2. The highest BCUT2D eigenvalue weighted by Gasteiger charge is 2.46. The zero-order valence-corrected chi connectivity index (χ0v) is 31.6. The molecule has 11 nitrogen and oxygen atoms in total. The minimum Gasteiger partial charge on any atom is -0.494 e. The van der Waals surface area contributed by atoms with E-state index in [1.54, 1.807) is 13.8 Å². The minimum absolute atomic E-state index is 0.0285. The van der Waals surface area contributed by atoms with Crippen molar-refractivity contribution < 1.29 is 50.3 Å². The smallest absolute Gasteiger partial charge is 0.452 e. The molecule has 15 heteroatoms. The number of nitrogens with zero attached hydrogens (tertiary/aromatic N) is 1. The number of alkyl halides is 3. The molecule has 292 valence electrons. The zero-order chi connectivity index (χ0) is 39.5. The van der Waals surface area contributed by atoms with Gasteiger partial charge in [-0.05, 0) is 67.5 Å². The summed E-state index contributed by atoms with van der Waals surface area (Å²) < 4.78 is 73.0. The number of rotatable bonds is 19. The summed E-state index contributed by atoms with van der Waals surface area (Å²) in [5.74, 6) is -6.42. The highest BCUT2D eigenvalue weighted by molar-refractivity contribution is 7.90. The number of Topliss-reactive ketones (excluding diaryl/α,β-unsaturated/α-hetero) is 2. The van der Waals surface area contributed by atoms with Crippen molar-refractivity contribution in [2.24, 2.45) is 17.8 Å². The van der Waals surface area contributed by atoms with Crippen LogP contribution in [0.3, 0.4) is 0 Å². The number of ether oxygens (including phenoxy) is 1. The highest BCUT2D eigenvalue weighted by Crippen LogP contribution is 2.28. The number of halogens is 3. The number of unbranched alkanes of at least 4 members (excludes halogenated alkanes) is 4. The van der Waals surface area contributed by atoms with Crippen LogP contribution in [0.4, 0.5) is 13.2 Å². The lowest BCUT2D eigenvalue weighted by Crippen LogP contribution is -2.55. The molecule has 3 rings (SSSR count). The van der Waals surface area contributed by atoms with E-state index in [9.17, 15) is 45.6 Å². The van der Waals surface area contributed by atoms with Crippen molar-refractivity contribution in [1.82, 2.24) is 14.9 Å². The molecule has 1 saturated heterocycles. The highest BCUT2D eigenvalue weighted by atomic mass is 32.2. The van der Waals surface area contributed by atoms with Crippen LogP contribution in [0.5, 0.6) is 5.75 Å². The number of carbonyl (C=O) groups excluding carboxylic acids is 5. The molecule has 1 heterocycles. The van der Waals surface area contributed by atoms with Gasteiger partial charge in [0.05, 0.1) is 17.5 Å². The Morgan fingerprint density at radius 2 is 1.47 bits per heavy atom. The van der Waals surface area contributed by atoms with Gasteiger partial charge >= 0.3 is 6.18 Å². The third kappa shape index (κ3) is 12.1. The lowest BCUT2D eigenvalue weighted by atomic mass is 9.87. The topological polar surface area (TPSA) is 156 Å². The van der Waals surface area contributed by atoms with Gasteiger partial charge in [-0.25, -0.2) is 13.1 Å². The van der Waals surface area contributed by atoms with Gasteiger partial charge in [-0.1, -0.05) is 72.4 Å². The van der Waals surface area contributed by atoms with Crippen LogP contribution in [0, 0.1) is 17.8 Å². The molecule has 0 bridgehead atoms. The Bertz CT molecular complexity index is 1690. The first-order chi connectivity index (χ1) is 24.9. The van der Waals surface area contributed by atoms with E-state index in [1.807, 2.05) is 4.72 Å². The van der Waals surface area contributed by atoms with Gasteiger partial charge in [-0.2, -0.15) is 13.2 Å². The van der Waals surface area contributed by atoms with Crippen molar-refractivity contribution in [3.8, 4) is 5.75 Å². The van der Waals surface area contributed by atoms with E-state index in [4.69, 9.17) is 4.74 Å². The van der Waals surface area contributed by atoms with Crippen molar-refractivity contribution in [2.45, 2.75) is 109 Å². The van der Waals surface area contributed by atoms with Gasteiger partial charge < -0.3 is 15.0 Å². The molecule has 53 heavy (non-hydrogen) atoms. The quantitative estimate of drug-likeness (QED) is 0.125. The predicted molar refractivity (Wildman–Crippen MR) is 192 cm³/mol. The summed E-state index contributed by atoms with van der Waals surface area (Å²) in [6, 6.07) is 8.05. The first kappa shape index (κ1) is 43.1. The number of ketones is 2. The number of carbonyl (C=O) groups is 5. The molecule has 1 aliphatic rings. The van der Waals surface area contributed by atoms with Gasteiger partial charge in [0.15, 0.2) is 5.78 Å². The third-order valence-corrected chi connectivity index (χ3v) is 10.6. The first-order valence-electron chi connectivity index (χ1n) is 18.0. The van der Waals surface area contributed by atoms with Crippen LogP contribution >= 0.6 is 0 Å². The second-order valence-electron chi connectivity index (χ2n) is 14.0. The van der Waals surface area contributed by atoms with E-state index in [0.717, 1.165) is 25.7 Å². The number of hydrogen-bond donors (Lipinski definition) is 2. The van der Waals surface area contributed by atoms with Gasteiger partial charge in [0.1, 0.15) is 11.8 Å². The van der Waals surface area contributed by atoms with Crippen LogP contribution in [0.1, 0.15) is 107 Å². The van der Waals surface area contributed by atoms with Crippen LogP contribution in [-0.4, -0.2) is 74.0 Å². The summed E-state index contributed by atoms with van der Waals surface area (Å²) in [6.45, 7) is 9.00. The fraction of sp³-hybridized carbons (Fsp3) is 0.553. The zero-order valence-electron chi connectivity index (χ0n) is 30.8. The summed E-state index contributed by atoms with van der Waals surface area (Å²) >= 11 is 0. The van der Waals surface area contributed by atoms with E-state index >= 15 is 0 Å². The van der Waals surface area contributed by atoms with E-state index in [-0.39, 0.29) is 41.3 Å². The molecule has 3 atom stereocenters. The first-order valence-corrected chi connectivity index (χ1v) is 19.5. The fourth-order valence-corrected chi connectivity index (χ4v) is 7.03. The van der Waals surface area contributed by atoms with Gasteiger partial charge in [0.2, 0.25) is 11.8 Å². The molecule has 0 aromatic heterocycles. The molecule has 1 aliphatic heterocycles. The number of benzene rings is 2. The molecule has 0 saturated carbocycles. The average molecular weight is 766 g/mol. The maximum Gasteiger partial charge on any atom is 0.452 e. The molecule has 2 aromatic rings. The molecular weight excluding hydrogens is 715 g/mol. The van der Waals surface area contributed by atoms with Crippen LogP contribution in [0.15, 0.2) is 53.4 Å². The Labute approximate surface area is 309 Å². The molecule has 0 aliphatic carbocycles. The van der Waals surface area contributed by atoms with Crippen LogP contribution in [0.25, 0.3) is 0 Å². The maximum absolute atomic E-state index is 13.7. The van der Waals surface area contributed by atoms with Crippen molar-refractivity contribution in [2.75, 3.05) is 13.2 Å². The van der Waals surface area contributed by atoms with Gasteiger partial charge in [0, 0.05) is 30.0 Å². The van der Waals surface area contributed by atoms with E-state index in [1.165, 1.54) is 73.7 Å². The standard InChI is InChI=1S/C38H50F3N3O8S/c1-6-7-8-9-10-22-52-28-17-19-29(20-18-28)53(50,51)43-35(47)27-15-13-26(14-16-27)32(45)23-30(24(2)3)37(49)44-21-11-12-31(44)36(48)42-33(25(4)5)34(46)38(39,40)41/h13-20,24-25,30-31,33H,6-12,21-23H2,1-5H3,(H,42,48)(H,43,47)/t30-,31-,33?/m0/s1. The van der Waals surface area contributed by atoms with Crippen molar-refractivity contribution in [1.29, 1.82) is 0 Å². The number of nitrogens with one attached hydrogen (secondary N) is 2. The van der Waals surface area contributed by atoms with Gasteiger partial charge in [-0.3, -0.25) is 24.0 Å². The Balaban J connectivity index is 1.62. The molecule has 0 radical (unpaired) electrons. The summed E-state index contributed by atoms with van der Waals surface area (Å²) in [5, 5.41) is 2.19. The molecule has 3 amide bonds. The van der Waals surface area contributed by atoms with Crippen LogP contribution < -0.4 is 14.8 Å².